The molecule has 0 fully saturated rings. The van der Waals surface area contributed by atoms with E-state index in [1.807, 2.05) is 6.92 Å². The number of amides is 1. The summed E-state index contributed by atoms with van der Waals surface area (Å²) in [6.45, 7) is 2.27. The summed E-state index contributed by atoms with van der Waals surface area (Å²) in [5, 5.41) is 12.7. The first kappa shape index (κ1) is 17.9. The van der Waals surface area contributed by atoms with Gasteiger partial charge in [0, 0.05) is 11.5 Å². The van der Waals surface area contributed by atoms with Gasteiger partial charge in [0.2, 0.25) is 5.91 Å². The van der Waals surface area contributed by atoms with Gasteiger partial charge in [0.15, 0.2) is 0 Å². The van der Waals surface area contributed by atoms with Crippen LogP contribution in [0.3, 0.4) is 0 Å². The summed E-state index contributed by atoms with van der Waals surface area (Å²) in [5.41, 5.74) is 0.942. The number of nitrogens with zero attached hydrogens (tertiary/aromatic N) is 1. The number of benzene rings is 1. The highest BCUT2D eigenvalue weighted by Crippen LogP contribution is 2.42. The first-order valence-electron chi connectivity index (χ1n) is 7.37. The molecular weight excluding hydrogens is 328 g/mol. The fraction of sp³-hybridized carbons (Fsp3) is 0.353. The van der Waals surface area contributed by atoms with Crippen molar-refractivity contribution in [3.05, 3.63) is 40.4 Å². The van der Waals surface area contributed by atoms with Gasteiger partial charge in [-0.3, -0.25) is 9.59 Å². The van der Waals surface area contributed by atoms with Crippen LogP contribution in [-0.4, -0.2) is 31.8 Å². The zero-order valence-electron chi connectivity index (χ0n) is 13.7. The number of para-hydroxylation sites is 1. The van der Waals surface area contributed by atoms with Crippen molar-refractivity contribution in [2.45, 2.75) is 12.8 Å². The molecule has 0 saturated heterocycles. The van der Waals surface area contributed by atoms with Crippen LogP contribution >= 0.6 is 11.8 Å². The molecule has 1 N–H and O–H groups in total. The van der Waals surface area contributed by atoms with Gasteiger partial charge < -0.3 is 14.8 Å². The topological polar surface area (TPSA) is 88.4 Å². The standard InChI is InChI=1S/C17H18N2O4S/c1-4-23-12-8-6-5-7-10(12)13-11(9-18)16(24-3)19-15(20)14(13)17(21)22-2/h5-8,13-14H,4H2,1-3H3,(H,19,20)/t13-,14-/m0/s1. The van der Waals surface area contributed by atoms with Gasteiger partial charge >= 0.3 is 5.97 Å². The Morgan fingerprint density at radius 2 is 2.12 bits per heavy atom. The van der Waals surface area contributed by atoms with Crippen LogP contribution in [0.4, 0.5) is 0 Å². The lowest BCUT2D eigenvalue weighted by atomic mass is 9.78. The molecule has 6 nitrogen and oxygen atoms in total. The lowest BCUT2D eigenvalue weighted by molar-refractivity contribution is -0.150. The Hall–Kier alpha value is -2.46. The molecule has 0 unspecified atom stereocenters. The van der Waals surface area contributed by atoms with Gasteiger partial charge in [-0.15, -0.1) is 11.8 Å². The third-order valence-electron chi connectivity index (χ3n) is 3.74. The molecule has 0 aromatic heterocycles. The van der Waals surface area contributed by atoms with Gasteiger partial charge in [-0.2, -0.15) is 5.26 Å². The summed E-state index contributed by atoms with van der Waals surface area (Å²) < 4.78 is 10.4. The Kier molecular flexibility index (Phi) is 5.88. The Morgan fingerprint density at radius 1 is 1.42 bits per heavy atom. The average Bonchev–Trinajstić information content (AvgIpc) is 2.60. The maximum atomic E-state index is 12.5. The lowest BCUT2D eigenvalue weighted by Gasteiger charge is -2.31. The van der Waals surface area contributed by atoms with Gasteiger partial charge in [-0.1, -0.05) is 18.2 Å². The van der Waals surface area contributed by atoms with Crippen LogP contribution in [-0.2, 0) is 14.3 Å². The second kappa shape index (κ2) is 7.88. The molecule has 7 heteroatoms. The summed E-state index contributed by atoms with van der Waals surface area (Å²) in [5.74, 6) is -2.51. The molecule has 1 aromatic carbocycles. The molecule has 1 amide bonds. The number of esters is 1. The van der Waals surface area contributed by atoms with Crippen molar-refractivity contribution >= 4 is 23.6 Å². The zero-order valence-corrected chi connectivity index (χ0v) is 14.5. The van der Waals surface area contributed by atoms with E-state index < -0.39 is 23.7 Å². The number of hydrogen-bond donors (Lipinski definition) is 1. The maximum absolute atomic E-state index is 12.5. The lowest BCUT2D eigenvalue weighted by Crippen LogP contribution is -2.44. The van der Waals surface area contributed by atoms with Crippen LogP contribution < -0.4 is 10.1 Å². The van der Waals surface area contributed by atoms with Gasteiger partial charge in [-0.05, 0) is 19.2 Å². The van der Waals surface area contributed by atoms with Crippen LogP contribution in [0, 0.1) is 17.2 Å². The van der Waals surface area contributed by atoms with E-state index >= 15 is 0 Å². The predicted octanol–water partition coefficient (Wildman–Crippen LogP) is 2.19. The number of nitriles is 1. The summed E-state index contributed by atoms with van der Waals surface area (Å²) >= 11 is 1.25. The molecule has 1 heterocycles. The van der Waals surface area contributed by atoms with Crippen molar-refractivity contribution in [3.8, 4) is 11.8 Å². The molecule has 0 saturated carbocycles. The number of hydrogen-bond acceptors (Lipinski definition) is 6. The average molecular weight is 346 g/mol. The fourth-order valence-corrected chi connectivity index (χ4v) is 3.32. The van der Waals surface area contributed by atoms with E-state index in [0.717, 1.165) is 0 Å². The number of nitrogens with one attached hydrogen (secondary N) is 1. The SMILES string of the molecule is CCOc1ccccc1[C@H]1C(C#N)=C(SC)NC(=O)[C@H]1C(=O)OC. The van der Waals surface area contributed by atoms with Crippen molar-refractivity contribution < 1.29 is 19.1 Å². The molecule has 24 heavy (non-hydrogen) atoms. The summed E-state index contributed by atoms with van der Waals surface area (Å²) in [7, 11) is 1.22. The number of carbonyl (C=O) groups excluding carboxylic acids is 2. The second-order valence-corrected chi connectivity index (χ2v) is 5.81. The molecule has 1 aromatic rings. The van der Waals surface area contributed by atoms with Crippen LogP contribution in [0.1, 0.15) is 18.4 Å². The monoisotopic (exact) mass is 346 g/mol. The Morgan fingerprint density at radius 3 is 2.71 bits per heavy atom. The maximum Gasteiger partial charge on any atom is 0.319 e. The zero-order chi connectivity index (χ0) is 17.7. The van der Waals surface area contributed by atoms with Crippen LogP contribution in [0.5, 0.6) is 5.75 Å². The molecule has 0 radical (unpaired) electrons. The summed E-state index contributed by atoms with van der Waals surface area (Å²) in [4.78, 5) is 24.7. The largest absolute Gasteiger partial charge is 0.494 e. The minimum absolute atomic E-state index is 0.324. The molecule has 0 bridgehead atoms. The number of thioether (sulfide) groups is 1. The Bertz CT molecular complexity index is 724. The fourth-order valence-electron chi connectivity index (χ4n) is 2.73. The van der Waals surface area contributed by atoms with Crippen LogP contribution in [0.2, 0.25) is 0 Å². The Labute approximate surface area is 144 Å². The predicted molar refractivity (Wildman–Crippen MR) is 90.2 cm³/mol. The number of methoxy groups -OCH3 is 1. The highest BCUT2D eigenvalue weighted by molar-refractivity contribution is 8.02. The molecular formula is C17H18N2O4S. The van der Waals surface area contributed by atoms with Gasteiger partial charge in [0.1, 0.15) is 11.7 Å². The van der Waals surface area contributed by atoms with Crippen molar-refractivity contribution in [2.75, 3.05) is 20.0 Å². The molecule has 1 aliphatic heterocycles. The van der Waals surface area contributed by atoms with E-state index in [2.05, 4.69) is 11.4 Å². The molecule has 0 spiro atoms. The van der Waals surface area contributed by atoms with Crippen molar-refractivity contribution in [1.29, 1.82) is 5.26 Å². The molecule has 126 valence electrons. The highest BCUT2D eigenvalue weighted by Gasteiger charge is 2.45. The van der Waals surface area contributed by atoms with E-state index in [4.69, 9.17) is 9.47 Å². The number of allylic oxidation sites excluding steroid dienone is 1. The van der Waals surface area contributed by atoms with Crippen molar-refractivity contribution in [2.24, 2.45) is 5.92 Å². The van der Waals surface area contributed by atoms with E-state index in [1.54, 1.807) is 30.5 Å². The molecule has 1 aliphatic rings. The second-order valence-electron chi connectivity index (χ2n) is 5.00. The van der Waals surface area contributed by atoms with E-state index in [0.29, 0.717) is 28.5 Å². The first-order chi connectivity index (χ1) is 11.6. The van der Waals surface area contributed by atoms with Gasteiger partial charge in [0.25, 0.3) is 0 Å². The quantitative estimate of drug-likeness (QED) is 0.649. The van der Waals surface area contributed by atoms with Crippen molar-refractivity contribution in [3.63, 3.8) is 0 Å². The third-order valence-corrected chi connectivity index (χ3v) is 4.47. The highest BCUT2D eigenvalue weighted by atomic mass is 32.2. The van der Waals surface area contributed by atoms with Crippen LogP contribution in [0.15, 0.2) is 34.9 Å². The smallest absolute Gasteiger partial charge is 0.319 e. The number of rotatable bonds is 5. The summed E-state index contributed by atoms with van der Waals surface area (Å²) in [6, 6.07) is 9.24. The van der Waals surface area contributed by atoms with E-state index in [1.165, 1.54) is 18.9 Å². The van der Waals surface area contributed by atoms with E-state index in [-0.39, 0.29) is 0 Å². The van der Waals surface area contributed by atoms with Gasteiger partial charge in [-0.25, -0.2) is 0 Å². The normalized spacial score (nSPS) is 20.2. The minimum Gasteiger partial charge on any atom is -0.494 e. The van der Waals surface area contributed by atoms with Crippen LogP contribution in [0.25, 0.3) is 0 Å². The number of ether oxygens (including phenoxy) is 2. The molecule has 0 aliphatic carbocycles. The molecule has 2 rings (SSSR count). The first-order valence-corrected chi connectivity index (χ1v) is 8.60. The molecule has 2 atom stereocenters. The van der Waals surface area contributed by atoms with Crippen molar-refractivity contribution in [1.82, 2.24) is 5.32 Å². The summed E-state index contributed by atoms with van der Waals surface area (Å²) in [6.07, 6.45) is 1.76. The number of carbonyl (C=O) groups is 2. The minimum atomic E-state index is -1.14. The third kappa shape index (κ3) is 3.24. The Balaban J connectivity index is 2.69. The van der Waals surface area contributed by atoms with E-state index in [9.17, 15) is 14.9 Å². The van der Waals surface area contributed by atoms with Gasteiger partial charge in [0.05, 0.1) is 30.4 Å².